The maximum absolute atomic E-state index is 5.89. The van der Waals surface area contributed by atoms with Gasteiger partial charge in [0, 0.05) is 34.9 Å². The first-order valence-electron chi connectivity index (χ1n) is 6.11. The van der Waals surface area contributed by atoms with Gasteiger partial charge in [0.05, 0.1) is 0 Å². The molecule has 0 amide bonds. The first-order chi connectivity index (χ1) is 8.79. The second-order valence-electron chi connectivity index (χ2n) is 4.08. The molecule has 0 atom stereocenters. The van der Waals surface area contributed by atoms with E-state index in [-0.39, 0.29) is 0 Å². The van der Waals surface area contributed by atoms with E-state index in [1.54, 1.807) is 11.3 Å². The minimum Gasteiger partial charge on any atom is -0.488 e. The first kappa shape index (κ1) is 13.1. The Bertz CT molecular complexity index is 483. The van der Waals surface area contributed by atoms with Crippen molar-refractivity contribution in [2.75, 3.05) is 6.54 Å². The zero-order valence-electron chi connectivity index (χ0n) is 10.8. The molecule has 0 saturated heterocycles. The standard InChI is InChI=1S/C14H18N2OS/c1-3-15-8-12-9-16-11(2)7-14(12)17-10-13-5-4-6-18-13/h4-7,9,15H,3,8,10H2,1-2H3. The van der Waals surface area contributed by atoms with Crippen LogP contribution in [0.4, 0.5) is 0 Å². The van der Waals surface area contributed by atoms with Crippen LogP contribution in [-0.4, -0.2) is 11.5 Å². The molecule has 0 aliphatic carbocycles. The predicted molar refractivity (Wildman–Crippen MR) is 75.0 cm³/mol. The van der Waals surface area contributed by atoms with Crippen LogP contribution in [0.5, 0.6) is 5.75 Å². The molecule has 96 valence electrons. The molecule has 2 heterocycles. The fourth-order valence-electron chi connectivity index (χ4n) is 1.63. The van der Waals surface area contributed by atoms with E-state index in [0.29, 0.717) is 6.61 Å². The maximum atomic E-state index is 5.89. The number of rotatable bonds is 6. The quantitative estimate of drug-likeness (QED) is 0.868. The summed E-state index contributed by atoms with van der Waals surface area (Å²) in [7, 11) is 0. The molecule has 0 saturated carbocycles. The molecule has 0 fully saturated rings. The highest BCUT2D eigenvalue weighted by Crippen LogP contribution is 2.21. The molecule has 1 N–H and O–H groups in total. The third kappa shape index (κ3) is 3.55. The van der Waals surface area contributed by atoms with Gasteiger partial charge in [-0.15, -0.1) is 11.3 Å². The smallest absolute Gasteiger partial charge is 0.127 e. The Balaban J connectivity index is 2.06. The number of hydrogen-bond acceptors (Lipinski definition) is 4. The van der Waals surface area contributed by atoms with Gasteiger partial charge in [0.25, 0.3) is 0 Å². The highest BCUT2D eigenvalue weighted by molar-refractivity contribution is 7.09. The molecule has 0 radical (unpaired) electrons. The van der Waals surface area contributed by atoms with Gasteiger partial charge in [0.1, 0.15) is 12.4 Å². The van der Waals surface area contributed by atoms with Crippen molar-refractivity contribution in [3.63, 3.8) is 0 Å². The third-order valence-electron chi connectivity index (χ3n) is 2.60. The first-order valence-corrected chi connectivity index (χ1v) is 6.99. The number of ether oxygens (including phenoxy) is 1. The highest BCUT2D eigenvalue weighted by atomic mass is 32.1. The summed E-state index contributed by atoms with van der Waals surface area (Å²) in [5, 5.41) is 5.37. The molecule has 2 aromatic heterocycles. The van der Waals surface area contributed by atoms with Crippen molar-refractivity contribution in [1.82, 2.24) is 10.3 Å². The van der Waals surface area contributed by atoms with E-state index < -0.39 is 0 Å². The van der Waals surface area contributed by atoms with Gasteiger partial charge in [-0.3, -0.25) is 4.98 Å². The normalized spacial score (nSPS) is 10.6. The number of thiophene rings is 1. The second kappa shape index (κ2) is 6.52. The van der Waals surface area contributed by atoms with Crippen molar-refractivity contribution in [2.24, 2.45) is 0 Å². The van der Waals surface area contributed by atoms with E-state index in [1.807, 2.05) is 25.3 Å². The van der Waals surface area contributed by atoms with E-state index in [9.17, 15) is 0 Å². The van der Waals surface area contributed by atoms with E-state index >= 15 is 0 Å². The van der Waals surface area contributed by atoms with Gasteiger partial charge >= 0.3 is 0 Å². The van der Waals surface area contributed by atoms with E-state index in [2.05, 4.69) is 28.7 Å². The molecular weight excluding hydrogens is 244 g/mol. The minimum absolute atomic E-state index is 0.625. The lowest BCUT2D eigenvalue weighted by Gasteiger charge is -2.11. The Hall–Kier alpha value is -1.39. The number of aryl methyl sites for hydroxylation is 1. The number of pyridine rings is 1. The van der Waals surface area contributed by atoms with Gasteiger partial charge < -0.3 is 10.1 Å². The molecule has 3 nitrogen and oxygen atoms in total. The summed E-state index contributed by atoms with van der Waals surface area (Å²) in [5.74, 6) is 0.928. The Labute approximate surface area is 112 Å². The second-order valence-corrected chi connectivity index (χ2v) is 5.11. The van der Waals surface area contributed by atoms with Gasteiger partial charge in [0.15, 0.2) is 0 Å². The Morgan fingerprint density at radius 3 is 3.06 bits per heavy atom. The summed E-state index contributed by atoms with van der Waals surface area (Å²) in [6.45, 7) is 6.44. The molecule has 18 heavy (non-hydrogen) atoms. The summed E-state index contributed by atoms with van der Waals surface area (Å²) in [6.07, 6.45) is 1.89. The lowest BCUT2D eigenvalue weighted by atomic mass is 10.2. The van der Waals surface area contributed by atoms with Crippen molar-refractivity contribution in [1.29, 1.82) is 0 Å². The Kier molecular flexibility index (Phi) is 4.73. The van der Waals surface area contributed by atoms with E-state index in [1.165, 1.54) is 4.88 Å². The van der Waals surface area contributed by atoms with E-state index in [0.717, 1.165) is 30.1 Å². The average Bonchev–Trinajstić information content (AvgIpc) is 2.88. The minimum atomic E-state index is 0.625. The summed E-state index contributed by atoms with van der Waals surface area (Å²) in [6, 6.07) is 6.13. The van der Waals surface area contributed by atoms with Gasteiger partial charge in [-0.2, -0.15) is 0 Å². The number of nitrogens with one attached hydrogen (secondary N) is 1. The predicted octanol–water partition coefficient (Wildman–Crippen LogP) is 3.14. The maximum Gasteiger partial charge on any atom is 0.127 e. The van der Waals surface area contributed by atoms with Crippen molar-refractivity contribution in [3.8, 4) is 5.75 Å². The topological polar surface area (TPSA) is 34.2 Å². The van der Waals surface area contributed by atoms with Crippen LogP contribution in [0.15, 0.2) is 29.8 Å². The molecule has 2 aromatic rings. The summed E-state index contributed by atoms with van der Waals surface area (Å²) >= 11 is 1.71. The zero-order chi connectivity index (χ0) is 12.8. The van der Waals surface area contributed by atoms with Crippen molar-refractivity contribution in [2.45, 2.75) is 27.0 Å². The molecule has 0 aromatic carbocycles. The average molecular weight is 262 g/mol. The van der Waals surface area contributed by atoms with E-state index in [4.69, 9.17) is 4.74 Å². The Morgan fingerprint density at radius 1 is 1.44 bits per heavy atom. The van der Waals surface area contributed by atoms with Gasteiger partial charge in [-0.25, -0.2) is 0 Å². The third-order valence-corrected chi connectivity index (χ3v) is 3.45. The zero-order valence-corrected chi connectivity index (χ0v) is 11.6. The molecule has 0 unspecified atom stereocenters. The molecule has 4 heteroatoms. The van der Waals surface area contributed by atoms with Crippen molar-refractivity contribution in [3.05, 3.63) is 45.9 Å². The summed E-state index contributed by atoms with van der Waals surface area (Å²) < 4.78 is 5.89. The van der Waals surface area contributed by atoms with Crippen LogP contribution >= 0.6 is 11.3 Å². The lowest BCUT2D eigenvalue weighted by Crippen LogP contribution is -2.13. The highest BCUT2D eigenvalue weighted by Gasteiger charge is 2.05. The fourth-order valence-corrected chi connectivity index (χ4v) is 2.25. The molecule has 0 spiro atoms. The van der Waals surface area contributed by atoms with Crippen molar-refractivity contribution < 1.29 is 4.74 Å². The fraction of sp³-hybridized carbons (Fsp3) is 0.357. The molecular formula is C14H18N2OS. The van der Waals surface area contributed by atoms with Crippen molar-refractivity contribution >= 4 is 11.3 Å². The number of nitrogens with zero attached hydrogens (tertiary/aromatic N) is 1. The number of aromatic nitrogens is 1. The molecule has 0 aliphatic rings. The molecule has 0 bridgehead atoms. The van der Waals surface area contributed by atoms with Crippen LogP contribution in [0.1, 0.15) is 23.1 Å². The van der Waals surface area contributed by atoms with Gasteiger partial charge in [0.2, 0.25) is 0 Å². The van der Waals surface area contributed by atoms with Gasteiger partial charge in [-0.1, -0.05) is 13.0 Å². The Morgan fingerprint density at radius 2 is 2.33 bits per heavy atom. The summed E-state index contributed by atoms with van der Waals surface area (Å²) in [4.78, 5) is 5.56. The number of hydrogen-bond donors (Lipinski definition) is 1. The SMILES string of the molecule is CCNCc1cnc(C)cc1OCc1cccs1. The molecule has 0 aliphatic heterocycles. The van der Waals surface area contributed by atoms with Crippen LogP contribution in [-0.2, 0) is 13.2 Å². The van der Waals surface area contributed by atoms with Gasteiger partial charge in [-0.05, 0) is 24.9 Å². The largest absolute Gasteiger partial charge is 0.488 e. The monoisotopic (exact) mass is 262 g/mol. The lowest BCUT2D eigenvalue weighted by molar-refractivity contribution is 0.305. The van der Waals surface area contributed by atoms with Crippen LogP contribution in [0.25, 0.3) is 0 Å². The molecule has 2 rings (SSSR count). The van der Waals surface area contributed by atoms with Crippen LogP contribution in [0.2, 0.25) is 0 Å². The van der Waals surface area contributed by atoms with Crippen LogP contribution in [0.3, 0.4) is 0 Å². The van der Waals surface area contributed by atoms with Crippen LogP contribution < -0.4 is 10.1 Å². The summed E-state index contributed by atoms with van der Waals surface area (Å²) in [5.41, 5.74) is 2.09. The van der Waals surface area contributed by atoms with Crippen LogP contribution in [0, 0.1) is 6.92 Å².